The Morgan fingerprint density at radius 2 is 1.74 bits per heavy atom. The van der Waals surface area contributed by atoms with Crippen LogP contribution in [0.15, 0.2) is 59.5 Å². The Morgan fingerprint density at radius 1 is 1.07 bits per heavy atom. The first kappa shape index (κ1) is 19.3. The minimum atomic E-state index is -1.10. The van der Waals surface area contributed by atoms with Gasteiger partial charge in [-0.15, -0.1) is 0 Å². The van der Waals surface area contributed by atoms with E-state index in [1.165, 1.54) is 5.56 Å². The van der Waals surface area contributed by atoms with E-state index in [9.17, 15) is 13.8 Å². The van der Waals surface area contributed by atoms with Gasteiger partial charge in [0.25, 0.3) is 5.91 Å². The van der Waals surface area contributed by atoms with Crippen LogP contribution in [-0.4, -0.2) is 35.5 Å². The summed E-state index contributed by atoms with van der Waals surface area (Å²) in [7, 11) is -1.10. The molecule has 1 aliphatic rings. The molecule has 142 valence electrons. The van der Waals surface area contributed by atoms with Gasteiger partial charge in [0, 0.05) is 33.9 Å². The van der Waals surface area contributed by atoms with Crippen LogP contribution in [0.1, 0.15) is 35.2 Å². The first-order valence-electron chi connectivity index (χ1n) is 8.93. The van der Waals surface area contributed by atoms with Crippen molar-refractivity contribution in [1.82, 2.24) is 5.32 Å². The molecular formula is C21H23NO4S. The van der Waals surface area contributed by atoms with E-state index in [1.807, 2.05) is 18.2 Å². The number of carbonyl (C=O) groups excluding carboxylic acids is 2. The van der Waals surface area contributed by atoms with Crippen LogP contribution in [0, 0.1) is 0 Å². The van der Waals surface area contributed by atoms with Crippen LogP contribution in [0.5, 0.6) is 0 Å². The Kier molecular flexibility index (Phi) is 6.06. The van der Waals surface area contributed by atoms with Crippen molar-refractivity contribution < 1.29 is 18.5 Å². The molecule has 0 aromatic heterocycles. The topological polar surface area (TPSA) is 72.5 Å². The third-order valence-corrected chi connectivity index (χ3v) is 6.01. The molecule has 0 saturated heterocycles. The number of ether oxygens (including phenoxy) is 1. The lowest BCUT2D eigenvalue weighted by Gasteiger charge is -2.42. The average Bonchev–Trinajstić information content (AvgIpc) is 2.66. The highest BCUT2D eigenvalue weighted by atomic mass is 32.2. The SMILES string of the molecule is CS(=O)c1ccc(C(=O)OCC(=O)NCC2(c3ccccc3)CCC2)cc1. The molecule has 1 N–H and O–H groups in total. The van der Waals surface area contributed by atoms with Crippen molar-refractivity contribution in [2.75, 3.05) is 19.4 Å². The van der Waals surface area contributed by atoms with Crippen molar-refractivity contribution in [1.29, 1.82) is 0 Å². The summed E-state index contributed by atoms with van der Waals surface area (Å²) < 4.78 is 16.5. The molecule has 0 heterocycles. The Balaban J connectivity index is 1.49. The smallest absolute Gasteiger partial charge is 0.338 e. The van der Waals surface area contributed by atoms with Crippen LogP contribution in [0.3, 0.4) is 0 Å². The minimum absolute atomic E-state index is 0.00738. The number of hydrogen-bond acceptors (Lipinski definition) is 4. The average molecular weight is 385 g/mol. The maximum Gasteiger partial charge on any atom is 0.338 e. The second-order valence-electron chi connectivity index (χ2n) is 6.83. The fourth-order valence-corrected chi connectivity index (χ4v) is 3.80. The van der Waals surface area contributed by atoms with E-state index in [4.69, 9.17) is 4.74 Å². The van der Waals surface area contributed by atoms with E-state index in [1.54, 1.807) is 30.5 Å². The highest BCUT2D eigenvalue weighted by Gasteiger charge is 2.38. The summed E-state index contributed by atoms with van der Waals surface area (Å²) in [5.74, 6) is -0.878. The fourth-order valence-electron chi connectivity index (χ4n) is 3.28. The number of amides is 1. The van der Waals surface area contributed by atoms with E-state index >= 15 is 0 Å². The van der Waals surface area contributed by atoms with Crippen LogP contribution in [0.25, 0.3) is 0 Å². The molecule has 1 atom stereocenters. The van der Waals surface area contributed by atoms with Gasteiger partial charge in [0.15, 0.2) is 6.61 Å². The zero-order valence-electron chi connectivity index (χ0n) is 15.3. The number of rotatable bonds is 7. The standard InChI is InChI=1S/C21H23NO4S/c1-27(25)18-10-8-16(9-11-18)20(24)26-14-19(23)22-15-21(12-5-13-21)17-6-3-2-4-7-17/h2-4,6-11H,5,12-15H2,1H3,(H,22,23). The van der Waals surface area contributed by atoms with Crippen molar-refractivity contribution in [3.05, 3.63) is 65.7 Å². The van der Waals surface area contributed by atoms with Gasteiger partial charge >= 0.3 is 5.97 Å². The molecule has 1 fully saturated rings. The van der Waals surface area contributed by atoms with Crippen molar-refractivity contribution in [3.8, 4) is 0 Å². The molecule has 3 rings (SSSR count). The van der Waals surface area contributed by atoms with Gasteiger partial charge < -0.3 is 10.1 Å². The van der Waals surface area contributed by atoms with Gasteiger partial charge in [0.1, 0.15) is 0 Å². The lowest BCUT2D eigenvalue weighted by Crippen LogP contribution is -2.46. The van der Waals surface area contributed by atoms with Gasteiger partial charge in [-0.25, -0.2) is 4.79 Å². The molecule has 1 amide bonds. The molecular weight excluding hydrogens is 362 g/mol. The third-order valence-electron chi connectivity index (χ3n) is 5.08. The van der Waals surface area contributed by atoms with Gasteiger partial charge in [0.05, 0.1) is 5.56 Å². The minimum Gasteiger partial charge on any atom is -0.452 e. The van der Waals surface area contributed by atoms with Gasteiger partial charge in [-0.3, -0.25) is 9.00 Å². The molecule has 0 radical (unpaired) electrons. The van der Waals surface area contributed by atoms with Crippen LogP contribution in [0.4, 0.5) is 0 Å². The Morgan fingerprint density at radius 3 is 2.30 bits per heavy atom. The number of nitrogens with one attached hydrogen (secondary N) is 1. The molecule has 2 aromatic rings. The van der Waals surface area contributed by atoms with Crippen LogP contribution >= 0.6 is 0 Å². The Hall–Kier alpha value is -2.47. The molecule has 0 aliphatic heterocycles. The van der Waals surface area contributed by atoms with E-state index < -0.39 is 16.8 Å². The highest BCUT2D eigenvalue weighted by molar-refractivity contribution is 7.84. The molecule has 1 aliphatic carbocycles. The molecule has 1 unspecified atom stereocenters. The first-order valence-corrected chi connectivity index (χ1v) is 10.5. The quantitative estimate of drug-likeness (QED) is 0.744. The summed E-state index contributed by atoms with van der Waals surface area (Å²) in [5.41, 5.74) is 1.56. The van der Waals surface area contributed by atoms with Crippen molar-refractivity contribution in [3.63, 3.8) is 0 Å². The number of benzene rings is 2. The van der Waals surface area contributed by atoms with Crippen LogP contribution in [-0.2, 0) is 25.7 Å². The third kappa shape index (κ3) is 4.63. The molecule has 0 spiro atoms. The summed E-state index contributed by atoms with van der Waals surface area (Å²) in [6, 6.07) is 16.5. The lowest BCUT2D eigenvalue weighted by molar-refractivity contribution is -0.124. The Labute approximate surface area is 161 Å². The van der Waals surface area contributed by atoms with E-state index in [0.29, 0.717) is 17.0 Å². The lowest BCUT2D eigenvalue weighted by atomic mass is 9.64. The zero-order valence-corrected chi connectivity index (χ0v) is 16.1. The maximum absolute atomic E-state index is 12.1. The summed E-state index contributed by atoms with van der Waals surface area (Å²) in [6.07, 6.45) is 4.81. The van der Waals surface area contributed by atoms with Gasteiger partial charge in [-0.1, -0.05) is 36.8 Å². The van der Waals surface area contributed by atoms with Gasteiger partial charge in [-0.2, -0.15) is 0 Å². The molecule has 1 saturated carbocycles. The molecule has 0 bridgehead atoms. The van der Waals surface area contributed by atoms with E-state index in [2.05, 4.69) is 17.4 Å². The first-order chi connectivity index (χ1) is 13.0. The highest BCUT2D eigenvalue weighted by Crippen LogP contribution is 2.43. The van der Waals surface area contributed by atoms with Crippen LogP contribution in [0.2, 0.25) is 0 Å². The van der Waals surface area contributed by atoms with E-state index in [0.717, 1.165) is 19.3 Å². The van der Waals surface area contributed by atoms with Crippen molar-refractivity contribution in [2.45, 2.75) is 29.6 Å². The van der Waals surface area contributed by atoms with Gasteiger partial charge in [0.2, 0.25) is 0 Å². The second kappa shape index (κ2) is 8.48. The number of carbonyl (C=O) groups is 2. The summed E-state index contributed by atoms with van der Waals surface area (Å²) in [5, 5.41) is 2.90. The predicted molar refractivity (Wildman–Crippen MR) is 104 cm³/mol. The van der Waals surface area contributed by atoms with E-state index in [-0.39, 0.29) is 17.9 Å². The second-order valence-corrected chi connectivity index (χ2v) is 8.21. The zero-order chi connectivity index (χ0) is 19.3. The molecule has 27 heavy (non-hydrogen) atoms. The summed E-state index contributed by atoms with van der Waals surface area (Å²) in [6.45, 7) is 0.232. The number of esters is 1. The molecule has 5 nitrogen and oxygen atoms in total. The van der Waals surface area contributed by atoms with Gasteiger partial charge in [-0.05, 0) is 42.7 Å². The van der Waals surface area contributed by atoms with Crippen LogP contribution < -0.4 is 5.32 Å². The fraction of sp³-hybridized carbons (Fsp3) is 0.333. The maximum atomic E-state index is 12.1. The molecule has 2 aromatic carbocycles. The Bertz CT molecular complexity index is 829. The van der Waals surface area contributed by atoms with Crippen molar-refractivity contribution >= 4 is 22.7 Å². The predicted octanol–water partition coefficient (Wildman–Crippen LogP) is 2.82. The monoisotopic (exact) mass is 385 g/mol. The summed E-state index contributed by atoms with van der Waals surface area (Å²) in [4.78, 5) is 24.8. The van der Waals surface area contributed by atoms with Crippen molar-refractivity contribution in [2.24, 2.45) is 0 Å². The number of hydrogen-bond donors (Lipinski definition) is 1. The molecule has 6 heteroatoms. The largest absolute Gasteiger partial charge is 0.452 e. The normalized spacial score (nSPS) is 16.0. The summed E-state index contributed by atoms with van der Waals surface area (Å²) >= 11 is 0.